The fourth-order valence-electron chi connectivity index (χ4n) is 1.83. The molecule has 0 spiro atoms. The number of carbonyl (C=O) groups is 1. The number of esters is 1. The molecule has 0 aliphatic heterocycles. The van der Waals surface area contributed by atoms with Crippen molar-refractivity contribution in [3.05, 3.63) is 46.2 Å². The lowest BCUT2D eigenvalue weighted by molar-refractivity contribution is 0.0526. The smallest absolute Gasteiger partial charge is 0.338 e. The van der Waals surface area contributed by atoms with Crippen LogP contribution in [0, 0.1) is 13.8 Å². The van der Waals surface area contributed by atoms with E-state index in [1.54, 1.807) is 23.7 Å². The number of aromatic nitrogens is 2. The summed E-state index contributed by atoms with van der Waals surface area (Å²) in [7, 11) is 0. The van der Waals surface area contributed by atoms with Crippen molar-refractivity contribution in [2.45, 2.75) is 20.8 Å². The normalized spacial score (nSPS) is 10.5. The van der Waals surface area contributed by atoms with Crippen molar-refractivity contribution in [1.29, 1.82) is 0 Å². The molecule has 19 heavy (non-hydrogen) atoms. The van der Waals surface area contributed by atoms with Gasteiger partial charge in [0.05, 0.1) is 34.3 Å². The van der Waals surface area contributed by atoms with Crippen LogP contribution in [0.15, 0.2) is 24.3 Å². The number of benzene rings is 1. The molecule has 1 aromatic carbocycles. The summed E-state index contributed by atoms with van der Waals surface area (Å²) in [6.07, 6.45) is 0. The van der Waals surface area contributed by atoms with Crippen LogP contribution in [0.4, 0.5) is 0 Å². The molecule has 0 fully saturated rings. The molecule has 1 heterocycles. The topological polar surface area (TPSA) is 44.1 Å². The lowest BCUT2D eigenvalue weighted by atomic mass is 10.2. The zero-order valence-corrected chi connectivity index (χ0v) is 11.9. The molecule has 0 radical (unpaired) electrons. The predicted molar refractivity (Wildman–Crippen MR) is 74.0 cm³/mol. The highest BCUT2D eigenvalue weighted by Gasteiger charge is 2.11. The first-order chi connectivity index (χ1) is 9.04. The Bertz CT molecular complexity index is 603. The largest absolute Gasteiger partial charge is 0.462 e. The van der Waals surface area contributed by atoms with Crippen LogP contribution in [0.2, 0.25) is 5.02 Å². The number of ether oxygens (including phenoxy) is 1. The highest BCUT2D eigenvalue weighted by molar-refractivity contribution is 6.31. The van der Waals surface area contributed by atoms with Gasteiger partial charge in [0.25, 0.3) is 0 Å². The average molecular weight is 279 g/mol. The molecular formula is C14H15ClN2O2. The summed E-state index contributed by atoms with van der Waals surface area (Å²) in [5, 5.41) is 5.02. The molecule has 0 aliphatic rings. The van der Waals surface area contributed by atoms with Gasteiger partial charge in [0.1, 0.15) is 0 Å². The predicted octanol–water partition coefficient (Wildman–Crippen LogP) is 3.32. The Labute approximate surface area is 116 Å². The van der Waals surface area contributed by atoms with Crippen molar-refractivity contribution in [2.24, 2.45) is 0 Å². The third-order valence-corrected chi connectivity index (χ3v) is 3.37. The molecule has 5 heteroatoms. The maximum absolute atomic E-state index is 11.6. The molecule has 100 valence electrons. The second kappa shape index (κ2) is 5.45. The van der Waals surface area contributed by atoms with Gasteiger partial charge in [-0.3, -0.25) is 0 Å². The van der Waals surface area contributed by atoms with E-state index in [1.807, 2.05) is 26.0 Å². The lowest BCUT2D eigenvalue weighted by Gasteiger charge is -2.06. The Balaban J connectivity index is 2.32. The lowest BCUT2D eigenvalue weighted by Crippen LogP contribution is -2.05. The van der Waals surface area contributed by atoms with Crippen molar-refractivity contribution >= 4 is 17.6 Å². The number of nitrogens with zero attached hydrogens (tertiary/aromatic N) is 2. The molecule has 0 saturated heterocycles. The van der Waals surface area contributed by atoms with E-state index < -0.39 is 0 Å². The van der Waals surface area contributed by atoms with E-state index in [1.165, 1.54) is 0 Å². The minimum Gasteiger partial charge on any atom is -0.462 e. The number of carbonyl (C=O) groups excluding carboxylic acids is 1. The number of hydrogen-bond acceptors (Lipinski definition) is 3. The molecule has 4 nitrogen and oxygen atoms in total. The van der Waals surface area contributed by atoms with E-state index in [4.69, 9.17) is 16.3 Å². The molecule has 0 aliphatic carbocycles. The molecular weight excluding hydrogens is 264 g/mol. The first-order valence-corrected chi connectivity index (χ1v) is 6.41. The molecule has 0 bridgehead atoms. The molecule has 0 saturated carbocycles. The van der Waals surface area contributed by atoms with Gasteiger partial charge < -0.3 is 4.74 Å². The third kappa shape index (κ3) is 2.63. The van der Waals surface area contributed by atoms with Crippen LogP contribution in [0.5, 0.6) is 0 Å². The molecule has 2 rings (SSSR count). The van der Waals surface area contributed by atoms with Crippen LogP contribution >= 0.6 is 11.6 Å². The van der Waals surface area contributed by atoms with E-state index in [0.29, 0.717) is 17.2 Å². The van der Waals surface area contributed by atoms with Crippen LogP contribution in [-0.4, -0.2) is 22.4 Å². The van der Waals surface area contributed by atoms with Crippen molar-refractivity contribution in [3.8, 4) is 5.69 Å². The first-order valence-electron chi connectivity index (χ1n) is 6.04. The highest BCUT2D eigenvalue weighted by Crippen LogP contribution is 2.22. The van der Waals surface area contributed by atoms with Gasteiger partial charge in [0, 0.05) is 0 Å². The van der Waals surface area contributed by atoms with Crippen LogP contribution in [0.3, 0.4) is 0 Å². The fraction of sp³-hybridized carbons (Fsp3) is 0.286. The second-order valence-corrected chi connectivity index (χ2v) is 4.54. The van der Waals surface area contributed by atoms with Gasteiger partial charge in [-0.05, 0) is 45.0 Å². The van der Waals surface area contributed by atoms with Crippen LogP contribution in [0.25, 0.3) is 5.69 Å². The van der Waals surface area contributed by atoms with Crippen LogP contribution in [-0.2, 0) is 4.74 Å². The van der Waals surface area contributed by atoms with Crippen molar-refractivity contribution in [3.63, 3.8) is 0 Å². The quantitative estimate of drug-likeness (QED) is 0.809. The summed E-state index contributed by atoms with van der Waals surface area (Å²) in [4.78, 5) is 11.6. The van der Waals surface area contributed by atoms with E-state index in [0.717, 1.165) is 17.1 Å². The van der Waals surface area contributed by atoms with Crippen molar-refractivity contribution in [2.75, 3.05) is 6.61 Å². The number of aryl methyl sites for hydroxylation is 1. The van der Waals surface area contributed by atoms with Gasteiger partial charge >= 0.3 is 5.97 Å². The number of halogens is 1. The Morgan fingerprint density at radius 3 is 2.42 bits per heavy atom. The molecule has 0 atom stereocenters. The van der Waals surface area contributed by atoms with Crippen molar-refractivity contribution < 1.29 is 9.53 Å². The minimum absolute atomic E-state index is 0.319. The standard InChI is InChI=1S/C14H15ClN2O2/c1-4-19-14(18)11-5-7-12(8-6-11)17-10(3)13(15)9(2)16-17/h5-8H,4H2,1-3H3. The molecule has 0 amide bonds. The van der Waals surface area contributed by atoms with E-state index in [-0.39, 0.29) is 5.97 Å². The Morgan fingerprint density at radius 2 is 1.95 bits per heavy atom. The summed E-state index contributed by atoms with van der Waals surface area (Å²) in [5.74, 6) is -0.319. The Hall–Kier alpha value is -1.81. The Morgan fingerprint density at radius 1 is 1.32 bits per heavy atom. The number of hydrogen-bond donors (Lipinski definition) is 0. The second-order valence-electron chi connectivity index (χ2n) is 4.16. The molecule has 2 aromatic rings. The summed E-state index contributed by atoms with van der Waals surface area (Å²) in [5.41, 5.74) is 3.05. The minimum atomic E-state index is -0.319. The van der Waals surface area contributed by atoms with Gasteiger partial charge in [-0.2, -0.15) is 5.10 Å². The maximum Gasteiger partial charge on any atom is 0.338 e. The maximum atomic E-state index is 11.6. The monoisotopic (exact) mass is 278 g/mol. The zero-order chi connectivity index (χ0) is 14.0. The Kier molecular flexibility index (Phi) is 3.90. The molecule has 0 N–H and O–H groups in total. The van der Waals surface area contributed by atoms with Gasteiger partial charge in [-0.1, -0.05) is 11.6 Å². The first kappa shape index (κ1) is 13.6. The van der Waals surface area contributed by atoms with Gasteiger partial charge in [-0.25, -0.2) is 9.48 Å². The van der Waals surface area contributed by atoms with Gasteiger partial charge in [0.2, 0.25) is 0 Å². The van der Waals surface area contributed by atoms with Gasteiger partial charge in [0.15, 0.2) is 0 Å². The van der Waals surface area contributed by atoms with Crippen molar-refractivity contribution in [1.82, 2.24) is 9.78 Å². The van der Waals surface area contributed by atoms with E-state index in [2.05, 4.69) is 5.10 Å². The summed E-state index contributed by atoms with van der Waals surface area (Å²) >= 11 is 6.11. The SMILES string of the molecule is CCOC(=O)c1ccc(-n2nc(C)c(Cl)c2C)cc1. The fourth-order valence-corrected chi connectivity index (χ4v) is 1.95. The van der Waals surface area contributed by atoms with Crippen LogP contribution < -0.4 is 0 Å². The average Bonchev–Trinajstić information content (AvgIpc) is 2.67. The highest BCUT2D eigenvalue weighted by atomic mass is 35.5. The van der Waals surface area contributed by atoms with E-state index in [9.17, 15) is 4.79 Å². The molecule has 0 unspecified atom stereocenters. The van der Waals surface area contributed by atoms with Gasteiger partial charge in [-0.15, -0.1) is 0 Å². The summed E-state index contributed by atoms with van der Waals surface area (Å²) in [6, 6.07) is 7.08. The third-order valence-electron chi connectivity index (χ3n) is 2.83. The summed E-state index contributed by atoms with van der Waals surface area (Å²) < 4.78 is 6.69. The summed E-state index contributed by atoms with van der Waals surface area (Å²) in [6.45, 7) is 5.91. The molecule has 1 aromatic heterocycles. The van der Waals surface area contributed by atoms with Crippen LogP contribution in [0.1, 0.15) is 28.7 Å². The van der Waals surface area contributed by atoms with E-state index >= 15 is 0 Å². The zero-order valence-electron chi connectivity index (χ0n) is 11.1. The number of rotatable bonds is 3.